The molecule has 6 nitrogen and oxygen atoms in total. The third-order valence-corrected chi connectivity index (χ3v) is 5.26. The fourth-order valence-electron chi connectivity index (χ4n) is 2.14. The zero-order valence-electron chi connectivity index (χ0n) is 13.1. The maximum absolute atomic E-state index is 12.6. The van der Waals surface area contributed by atoms with E-state index in [9.17, 15) is 13.2 Å². The minimum atomic E-state index is -3.73. The second-order valence-corrected chi connectivity index (χ2v) is 6.92. The number of anilines is 1. The Bertz CT molecular complexity index is 858. The quantitative estimate of drug-likeness (QED) is 0.870. The number of likely N-dealkylation sites (N-methyl/N-ethyl adjacent to an activating group) is 1. The number of hydrogen-bond acceptors (Lipinski definition) is 4. The molecule has 0 aliphatic carbocycles. The topological polar surface area (TPSA) is 90.3 Å². The van der Waals surface area contributed by atoms with Crippen LogP contribution in [0.2, 0.25) is 0 Å². The van der Waals surface area contributed by atoms with Gasteiger partial charge in [-0.3, -0.25) is 4.79 Å². The normalized spacial score (nSPS) is 11.0. The largest absolute Gasteiger partial charge is 0.325 e. The van der Waals surface area contributed by atoms with Crippen molar-refractivity contribution in [2.45, 2.75) is 11.8 Å². The minimum absolute atomic E-state index is 0.145. The van der Waals surface area contributed by atoms with Gasteiger partial charge in [0, 0.05) is 12.2 Å². The predicted octanol–water partition coefficient (Wildman–Crippen LogP) is 2.21. The second-order valence-electron chi connectivity index (χ2n) is 4.99. The molecule has 0 spiro atoms. The Balaban J connectivity index is 2.12. The Kier molecular flexibility index (Phi) is 5.68. The molecule has 0 fully saturated rings. The molecule has 1 amide bonds. The van der Waals surface area contributed by atoms with Crippen LogP contribution in [-0.2, 0) is 14.8 Å². The predicted molar refractivity (Wildman–Crippen MR) is 90.7 cm³/mol. The molecule has 24 heavy (non-hydrogen) atoms. The van der Waals surface area contributed by atoms with Crippen LogP contribution in [-0.4, -0.2) is 31.7 Å². The van der Waals surface area contributed by atoms with E-state index >= 15 is 0 Å². The van der Waals surface area contributed by atoms with Gasteiger partial charge in [0.25, 0.3) is 0 Å². The van der Waals surface area contributed by atoms with Crippen LogP contribution in [0.15, 0.2) is 59.5 Å². The van der Waals surface area contributed by atoms with E-state index in [1.54, 1.807) is 43.3 Å². The number of amides is 1. The number of sulfonamides is 1. The van der Waals surface area contributed by atoms with Gasteiger partial charge in [-0.05, 0) is 30.3 Å². The maximum Gasteiger partial charge on any atom is 0.243 e. The molecule has 2 rings (SSSR count). The Morgan fingerprint density at radius 1 is 1.17 bits per heavy atom. The molecule has 1 N–H and O–H groups in total. The highest BCUT2D eigenvalue weighted by Gasteiger charge is 2.24. The van der Waals surface area contributed by atoms with Gasteiger partial charge in [-0.15, -0.1) is 0 Å². The van der Waals surface area contributed by atoms with Gasteiger partial charge in [0.05, 0.1) is 23.1 Å². The van der Waals surface area contributed by atoms with Crippen molar-refractivity contribution < 1.29 is 13.2 Å². The number of nitrogens with zero attached hydrogens (tertiary/aromatic N) is 2. The van der Waals surface area contributed by atoms with Crippen molar-refractivity contribution in [2.24, 2.45) is 0 Å². The molecule has 0 radical (unpaired) electrons. The van der Waals surface area contributed by atoms with Gasteiger partial charge >= 0.3 is 0 Å². The molecule has 0 aromatic heterocycles. The van der Waals surface area contributed by atoms with E-state index in [0.717, 1.165) is 4.31 Å². The number of rotatable bonds is 6. The van der Waals surface area contributed by atoms with E-state index in [2.05, 4.69) is 5.32 Å². The summed E-state index contributed by atoms with van der Waals surface area (Å²) in [5.74, 6) is -0.466. The molecule has 0 saturated carbocycles. The Labute approximate surface area is 141 Å². The molecular formula is C17H17N3O3S. The fourth-order valence-corrected chi connectivity index (χ4v) is 3.56. The first-order chi connectivity index (χ1) is 11.5. The van der Waals surface area contributed by atoms with Gasteiger partial charge in [-0.2, -0.15) is 9.57 Å². The Morgan fingerprint density at radius 2 is 1.88 bits per heavy atom. The molecule has 0 atom stereocenters. The number of benzene rings is 2. The first kappa shape index (κ1) is 17.7. The zero-order valence-corrected chi connectivity index (χ0v) is 14.0. The number of nitriles is 1. The molecule has 0 heterocycles. The fraction of sp³-hybridized carbons (Fsp3) is 0.176. The first-order valence-corrected chi connectivity index (χ1v) is 8.76. The van der Waals surface area contributed by atoms with Gasteiger partial charge in [-0.1, -0.05) is 31.2 Å². The summed E-state index contributed by atoms with van der Waals surface area (Å²) in [6.45, 7) is 1.54. The van der Waals surface area contributed by atoms with Gasteiger partial charge in [0.1, 0.15) is 0 Å². The van der Waals surface area contributed by atoms with Crippen LogP contribution in [0.5, 0.6) is 0 Å². The van der Waals surface area contributed by atoms with E-state index in [1.807, 2.05) is 6.07 Å². The molecule has 0 unspecified atom stereocenters. The number of hydrogen-bond donors (Lipinski definition) is 1. The van der Waals surface area contributed by atoms with Crippen molar-refractivity contribution in [1.82, 2.24) is 4.31 Å². The third kappa shape index (κ3) is 4.19. The molecule has 124 valence electrons. The summed E-state index contributed by atoms with van der Waals surface area (Å²) in [4.78, 5) is 12.3. The summed E-state index contributed by atoms with van der Waals surface area (Å²) in [5.41, 5.74) is 0.865. The Hall–Kier alpha value is -2.69. The summed E-state index contributed by atoms with van der Waals surface area (Å²) in [5, 5.41) is 11.5. The average molecular weight is 343 g/mol. The molecule has 0 bridgehead atoms. The zero-order chi connectivity index (χ0) is 17.6. The van der Waals surface area contributed by atoms with Gasteiger partial charge < -0.3 is 5.32 Å². The number of carbonyl (C=O) groups excluding carboxylic acids is 1. The summed E-state index contributed by atoms with van der Waals surface area (Å²) in [6.07, 6.45) is 0. The van der Waals surface area contributed by atoms with Crippen molar-refractivity contribution >= 4 is 21.6 Å². The molecular weight excluding hydrogens is 326 g/mol. The lowest BCUT2D eigenvalue weighted by Crippen LogP contribution is -2.37. The number of nitrogens with one attached hydrogen (secondary N) is 1. The molecule has 0 aliphatic heterocycles. The van der Waals surface area contributed by atoms with E-state index < -0.39 is 15.9 Å². The average Bonchev–Trinajstić information content (AvgIpc) is 2.60. The van der Waals surface area contributed by atoms with Crippen molar-refractivity contribution in [3.05, 3.63) is 60.2 Å². The third-order valence-electron chi connectivity index (χ3n) is 3.33. The maximum atomic E-state index is 12.6. The lowest BCUT2D eigenvalue weighted by atomic mass is 10.2. The summed E-state index contributed by atoms with van der Waals surface area (Å²) < 4.78 is 26.2. The van der Waals surface area contributed by atoms with Crippen molar-refractivity contribution in [1.29, 1.82) is 5.26 Å². The molecule has 0 aliphatic rings. The molecule has 7 heteroatoms. The first-order valence-electron chi connectivity index (χ1n) is 7.32. The van der Waals surface area contributed by atoms with Gasteiger partial charge in [0.15, 0.2) is 0 Å². The highest BCUT2D eigenvalue weighted by Crippen LogP contribution is 2.15. The number of carbonyl (C=O) groups is 1. The lowest BCUT2D eigenvalue weighted by Gasteiger charge is -2.20. The minimum Gasteiger partial charge on any atom is -0.325 e. The van der Waals surface area contributed by atoms with Crippen LogP contribution >= 0.6 is 0 Å². The summed E-state index contributed by atoms with van der Waals surface area (Å²) >= 11 is 0. The SMILES string of the molecule is CCN(CC(=O)Nc1cccc(C#N)c1)S(=O)(=O)c1ccccc1. The second kappa shape index (κ2) is 7.73. The highest BCUT2D eigenvalue weighted by molar-refractivity contribution is 7.89. The molecule has 0 saturated heterocycles. The lowest BCUT2D eigenvalue weighted by molar-refractivity contribution is -0.116. The van der Waals surface area contributed by atoms with E-state index in [0.29, 0.717) is 11.3 Å². The van der Waals surface area contributed by atoms with Crippen LogP contribution < -0.4 is 5.32 Å². The van der Waals surface area contributed by atoms with E-state index in [4.69, 9.17) is 5.26 Å². The van der Waals surface area contributed by atoms with Crippen LogP contribution in [0.4, 0.5) is 5.69 Å². The van der Waals surface area contributed by atoms with Crippen molar-refractivity contribution in [2.75, 3.05) is 18.4 Å². The van der Waals surface area contributed by atoms with Crippen LogP contribution in [0.25, 0.3) is 0 Å². The summed E-state index contributed by atoms with van der Waals surface area (Å²) in [6, 6.07) is 16.4. The van der Waals surface area contributed by atoms with E-state index in [-0.39, 0.29) is 18.0 Å². The van der Waals surface area contributed by atoms with E-state index in [1.165, 1.54) is 18.2 Å². The summed E-state index contributed by atoms with van der Waals surface area (Å²) in [7, 11) is -3.73. The van der Waals surface area contributed by atoms with Crippen molar-refractivity contribution in [3.8, 4) is 6.07 Å². The monoisotopic (exact) mass is 343 g/mol. The van der Waals surface area contributed by atoms with Gasteiger partial charge in [-0.25, -0.2) is 8.42 Å². The van der Waals surface area contributed by atoms with Crippen LogP contribution in [0.3, 0.4) is 0 Å². The standard InChI is InChI=1S/C17H17N3O3S/c1-2-20(24(22,23)16-9-4-3-5-10-16)13-17(21)19-15-8-6-7-14(11-15)12-18/h3-11H,2,13H2,1H3,(H,19,21). The van der Waals surface area contributed by atoms with Crippen molar-refractivity contribution in [3.63, 3.8) is 0 Å². The highest BCUT2D eigenvalue weighted by atomic mass is 32.2. The smallest absolute Gasteiger partial charge is 0.243 e. The van der Waals surface area contributed by atoms with Crippen LogP contribution in [0, 0.1) is 11.3 Å². The van der Waals surface area contributed by atoms with Gasteiger partial charge in [0.2, 0.25) is 15.9 Å². The molecule has 2 aromatic rings. The molecule has 2 aromatic carbocycles. The van der Waals surface area contributed by atoms with Crippen LogP contribution in [0.1, 0.15) is 12.5 Å². The Morgan fingerprint density at radius 3 is 2.50 bits per heavy atom.